The molecule has 0 atom stereocenters. The number of amides is 2. The van der Waals surface area contributed by atoms with Gasteiger partial charge in [0.1, 0.15) is 0 Å². The molecule has 0 radical (unpaired) electrons. The lowest BCUT2D eigenvalue weighted by atomic mass is 10.0. The van der Waals surface area contributed by atoms with Crippen molar-refractivity contribution in [2.75, 3.05) is 24.2 Å². The van der Waals surface area contributed by atoms with Crippen LogP contribution in [0.4, 0.5) is 5.69 Å². The van der Waals surface area contributed by atoms with E-state index in [1.807, 2.05) is 24.0 Å². The highest BCUT2D eigenvalue weighted by molar-refractivity contribution is 7.99. The molecule has 0 saturated carbocycles. The summed E-state index contributed by atoms with van der Waals surface area (Å²) in [6.45, 7) is 3.46. The van der Waals surface area contributed by atoms with Crippen molar-refractivity contribution in [2.45, 2.75) is 31.3 Å². The molecule has 138 valence electrons. The molecule has 2 aromatic rings. The molecule has 1 aromatic heterocycles. The van der Waals surface area contributed by atoms with Crippen LogP contribution in [0.25, 0.3) is 0 Å². The molecule has 0 bridgehead atoms. The molecule has 1 aliphatic rings. The van der Waals surface area contributed by atoms with Crippen molar-refractivity contribution in [1.29, 1.82) is 0 Å². The number of thioether (sulfide) groups is 1. The number of anilines is 1. The molecule has 26 heavy (non-hydrogen) atoms. The molecule has 2 amide bonds. The van der Waals surface area contributed by atoms with Gasteiger partial charge in [-0.1, -0.05) is 23.9 Å². The fourth-order valence-electron chi connectivity index (χ4n) is 2.93. The minimum absolute atomic E-state index is 0.00423. The molecule has 0 unspecified atom stereocenters. The minimum atomic E-state index is -0.131. The van der Waals surface area contributed by atoms with Gasteiger partial charge in [-0.25, -0.2) is 4.68 Å². The van der Waals surface area contributed by atoms with E-state index in [1.165, 1.54) is 11.8 Å². The van der Waals surface area contributed by atoms with Gasteiger partial charge in [-0.15, -0.1) is 5.10 Å². The fraction of sp³-hybridized carbons (Fsp3) is 0.471. The zero-order chi connectivity index (χ0) is 18.5. The summed E-state index contributed by atoms with van der Waals surface area (Å²) in [4.78, 5) is 27.0. The van der Waals surface area contributed by atoms with Crippen molar-refractivity contribution in [3.8, 4) is 0 Å². The van der Waals surface area contributed by atoms with Crippen LogP contribution in [0.3, 0.4) is 0 Å². The molecular weight excluding hydrogens is 352 g/mol. The van der Waals surface area contributed by atoms with Crippen LogP contribution < -0.4 is 5.32 Å². The van der Waals surface area contributed by atoms with Gasteiger partial charge in [0.05, 0.1) is 11.3 Å². The van der Waals surface area contributed by atoms with Crippen LogP contribution in [0.2, 0.25) is 0 Å². The van der Waals surface area contributed by atoms with Gasteiger partial charge in [-0.2, -0.15) is 0 Å². The summed E-state index contributed by atoms with van der Waals surface area (Å²) < 4.78 is 1.57. The number of hydrogen-bond donors (Lipinski definition) is 1. The summed E-state index contributed by atoms with van der Waals surface area (Å²) in [6, 6.07) is 5.54. The average Bonchev–Trinajstić information content (AvgIpc) is 3.27. The number of aryl methyl sites for hydroxylation is 2. The summed E-state index contributed by atoms with van der Waals surface area (Å²) in [5.41, 5.74) is 2.05. The van der Waals surface area contributed by atoms with Crippen LogP contribution in [0, 0.1) is 6.92 Å². The number of carbonyl (C=O) groups excluding carboxylic acids is 2. The standard InChI is InChI=1S/C17H22N6O2S/c1-12-6-5-7-13(15(12)16(25)23-9-3-4-10-23)18-14(24)8-11-26-17-19-20-21-22(17)2/h5-7H,3-4,8-11H2,1-2H3,(H,18,24). The van der Waals surface area contributed by atoms with Gasteiger partial charge in [-0.05, 0) is 41.8 Å². The van der Waals surface area contributed by atoms with E-state index in [0.717, 1.165) is 31.5 Å². The molecule has 9 heteroatoms. The van der Waals surface area contributed by atoms with Gasteiger partial charge < -0.3 is 10.2 Å². The summed E-state index contributed by atoms with van der Waals surface area (Å²) in [5, 5.41) is 14.7. The molecule has 1 N–H and O–H groups in total. The van der Waals surface area contributed by atoms with Gasteiger partial charge in [0.25, 0.3) is 5.91 Å². The molecular formula is C17H22N6O2S. The van der Waals surface area contributed by atoms with Crippen LogP contribution in [0.5, 0.6) is 0 Å². The lowest BCUT2D eigenvalue weighted by molar-refractivity contribution is -0.115. The number of aromatic nitrogens is 4. The maximum absolute atomic E-state index is 12.8. The van der Waals surface area contributed by atoms with Crippen molar-refractivity contribution in [3.05, 3.63) is 29.3 Å². The fourth-order valence-corrected chi connectivity index (χ4v) is 3.71. The van der Waals surface area contributed by atoms with Crippen molar-refractivity contribution < 1.29 is 9.59 Å². The van der Waals surface area contributed by atoms with E-state index in [9.17, 15) is 9.59 Å². The van der Waals surface area contributed by atoms with E-state index in [2.05, 4.69) is 20.8 Å². The predicted molar refractivity (Wildman–Crippen MR) is 99.1 cm³/mol. The normalized spacial score (nSPS) is 13.8. The van der Waals surface area contributed by atoms with Crippen LogP contribution in [0.15, 0.2) is 23.4 Å². The van der Waals surface area contributed by atoms with E-state index in [1.54, 1.807) is 17.8 Å². The van der Waals surface area contributed by atoms with Crippen LogP contribution in [0.1, 0.15) is 35.2 Å². The minimum Gasteiger partial charge on any atom is -0.339 e. The van der Waals surface area contributed by atoms with Crippen molar-refractivity contribution in [1.82, 2.24) is 25.1 Å². The third-order valence-electron chi connectivity index (χ3n) is 4.30. The molecule has 1 fully saturated rings. The van der Waals surface area contributed by atoms with E-state index >= 15 is 0 Å². The quantitative estimate of drug-likeness (QED) is 0.776. The summed E-state index contributed by atoms with van der Waals surface area (Å²) in [5.74, 6) is 0.422. The number of tetrazole rings is 1. The Bertz CT molecular complexity index is 800. The van der Waals surface area contributed by atoms with Crippen LogP contribution in [-0.4, -0.2) is 55.8 Å². The Morgan fingerprint density at radius 1 is 1.27 bits per heavy atom. The zero-order valence-corrected chi connectivity index (χ0v) is 15.8. The first-order chi connectivity index (χ1) is 12.6. The number of nitrogens with zero attached hydrogens (tertiary/aromatic N) is 5. The van der Waals surface area contributed by atoms with E-state index in [4.69, 9.17) is 0 Å². The average molecular weight is 374 g/mol. The second-order valence-electron chi connectivity index (χ2n) is 6.23. The Kier molecular flexibility index (Phi) is 5.87. The summed E-state index contributed by atoms with van der Waals surface area (Å²) >= 11 is 1.42. The van der Waals surface area contributed by atoms with Gasteiger partial charge in [0, 0.05) is 32.3 Å². The monoisotopic (exact) mass is 374 g/mol. The lowest BCUT2D eigenvalue weighted by Crippen LogP contribution is -2.29. The topological polar surface area (TPSA) is 93.0 Å². The first kappa shape index (κ1) is 18.4. The molecule has 8 nitrogen and oxygen atoms in total. The molecule has 1 saturated heterocycles. The molecule has 1 aromatic carbocycles. The molecule has 0 aliphatic carbocycles. The summed E-state index contributed by atoms with van der Waals surface area (Å²) in [7, 11) is 1.76. The SMILES string of the molecule is Cc1cccc(NC(=O)CCSc2nnnn2C)c1C(=O)N1CCCC1. The van der Waals surface area contributed by atoms with E-state index in [-0.39, 0.29) is 11.8 Å². The maximum Gasteiger partial charge on any atom is 0.256 e. The van der Waals surface area contributed by atoms with Crippen LogP contribution in [-0.2, 0) is 11.8 Å². The van der Waals surface area contributed by atoms with Gasteiger partial charge in [0.15, 0.2) is 0 Å². The Morgan fingerprint density at radius 3 is 2.73 bits per heavy atom. The van der Waals surface area contributed by atoms with Crippen molar-refractivity contribution in [3.63, 3.8) is 0 Å². The highest BCUT2D eigenvalue weighted by Gasteiger charge is 2.24. The largest absolute Gasteiger partial charge is 0.339 e. The molecule has 0 spiro atoms. The smallest absolute Gasteiger partial charge is 0.256 e. The number of rotatable bonds is 6. The van der Waals surface area contributed by atoms with Gasteiger partial charge in [-0.3, -0.25) is 9.59 Å². The van der Waals surface area contributed by atoms with E-state index in [0.29, 0.717) is 28.6 Å². The predicted octanol–water partition coefficient (Wildman–Crippen LogP) is 1.88. The third-order valence-corrected chi connectivity index (χ3v) is 5.31. The van der Waals surface area contributed by atoms with Crippen molar-refractivity contribution >= 4 is 29.3 Å². The summed E-state index contributed by atoms with van der Waals surface area (Å²) in [6.07, 6.45) is 2.38. The number of likely N-dealkylation sites (tertiary alicyclic amines) is 1. The maximum atomic E-state index is 12.8. The van der Waals surface area contributed by atoms with Gasteiger partial charge >= 0.3 is 0 Å². The highest BCUT2D eigenvalue weighted by atomic mass is 32.2. The number of nitrogens with one attached hydrogen (secondary N) is 1. The number of hydrogen-bond acceptors (Lipinski definition) is 6. The first-order valence-corrected chi connectivity index (χ1v) is 9.58. The second-order valence-corrected chi connectivity index (χ2v) is 7.29. The number of benzene rings is 1. The van der Waals surface area contributed by atoms with Crippen molar-refractivity contribution in [2.24, 2.45) is 7.05 Å². The molecule has 2 heterocycles. The second kappa shape index (κ2) is 8.31. The Balaban J connectivity index is 1.63. The lowest BCUT2D eigenvalue weighted by Gasteiger charge is -2.19. The zero-order valence-electron chi connectivity index (χ0n) is 14.9. The molecule has 1 aliphatic heterocycles. The number of carbonyl (C=O) groups is 2. The Morgan fingerprint density at radius 2 is 2.04 bits per heavy atom. The Hall–Kier alpha value is -2.42. The Labute approximate surface area is 156 Å². The van der Waals surface area contributed by atoms with E-state index < -0.39 is 0 Å². The van der Waals surface area contributed by atoms with Crippen LogP contribution >= 0.6 is 11.8 Å². The molecule has 3 rings (SSSR count). The first-order valence-electron chi connectivity index (χ1n) is 8.60. The third kappa shape index (κ3) is 4.21. The highest BCUT2D eigenvalue weighted by Crippen LogP contribution is 2.24. The van der Waals surface area contributed by atoms with Gasteiger partial charge in [0.2, 0.25) is 11.1 Å².